The van der Waals surface area contributed by atoms with Crippen LogP contribution in [0.15, 0.2) is 0 Å². The van der Waals surface area contributed by atoms with E-state index >= 15 is 0 Å². The summed E-state index contributed by atoms with van der Waals surface area (Å²) in [5.41, 5.74) is 5.27. The molecule has 1 unspecified atom stereocenters. The molecule has 1 fully saturated rings. The Hall–Kier alpha value is -1.10. The van der Waals surface area contributed by atoms with Crippen LogP contribution in [0.2, 0.25) is 0 Å². The maximum Gasteiger partial charge on any atom is 0.234 e. The van der Waals surface area contributed by atoms with E-state index in [2.05, 4.69) is 6.92 Å². The summed E-state index contributed by atoms with van der Waals surface area (Å²) in [7, 11) is 0. The number of primary amides is 1. The van der Waals surface area contributed by atoms with Crippen molar-refractivity contribution in [3.05, 3.63) is 0 Å². The molecule has 2 amide bonds. The number of hydrogen-bond acceptors (Lipinski definition) is 3. The van der Waals surface area contributed by atoms with Crippen molar-refractivity contribution in [2.75, 3.05) is 26.2 Å². The Morgan fingerprint density at radius 3 is 2.29 bits per heavy atom. The van der Waals surface area contributed by atoms with Gasteiger partial charge >= 0.3 is 0 Å². The van der Waals surface area contributed by atoms with Gasteiger partial charge in [0.25, 0.3) is 0 Å². The van der Waals surface area contributed by atoms with Gasteiger partial charge in [-0.05, 0) is 13.3 Å². The second-order valence-electron chi connectivity index (χ2n) is 4.60. The van der Waals surface area contributed by atoms with Crippen molar-refractivity contribution in [2.45, 2.75) is 39.2 Å². The summed E-state index contributed by atoms with van der Waals surface area (Å²) in [6.07, 6.45) is 2.64. The van der Waals surface area contributed by atoms with Crippen LogP contribution in [0.5, 0.6) is 0 Å². The fourth-order valence-electron chi connectivity index (χ4n) is 2.02. The molecule has 1 heterocycles. The lowest BCUT2D eigenvalue weighted by Crippen LogP contribution is -2.54. The number of piperazine rings is 1. The summed E-state index contributed by atoms with van der Waals surface area (Å²) in [5, 5.41) is 0. The zero-order valence-electron chi connectivity index (χ0n) is 10.8. The summed E-state index contributed by atoms with van der Waals surface area (Å²) < 4.78 is 0. The van der Waals surface area contributed by atoms with Gasteiger partial charge in [0.2, 0.25) is 11.8 Å². The molecule has 0 radical (unpaired) electrons. The molecule has 0 aromatic carbocycles. The van der Waals surface area contributed by atoms with Gasteiger partial charge in [0.15, 0.2) is 0 Å². The van der Waals surface area contributed by atoms with Crippen molar-refractivity contribution in [1.29, 1.82) is 0 Å². The van der Waals surface area contributed by atoms with E-state index in [9.17, 15) is 9.59 Å². The highest BCUT2D eigenvalue weighted by atomic mass is 16.2. The molecule has 1 aliphatic heterocycles. The monoisotopic (exact) mass is 241 g/mol. The second kappa shape index (κ2) is 6.59. The minimum absolute atomic E-state index is 0.233. The van der Waals surface area contributed by atoms with Crippen LogP contribution in [0, 0.1) is 0 Å². The van der Waals surface area contributed by atoms with Gasteiger partial charge in [0.1, 0.15) is 0 Å². The van der Waals surface area contributed by atoms with Crippen LogP contribution in [0.3, 0.4) is 0 Å². The van der Waals surface area contributed by atoms with E-state index < -0.39 is 0 Å². The molecule has 2 N–H and O–H groups in total. The summed E-state index contributed by atoms with van der Waals surface area (Å²) in [6, 6.07) is -0.233. The number of nitrogens with zero attached hydrogens (tertiary/aromatic N) is 2. The largest absolute Gasteiger partial charge is 0.368 e. The van der Waals surface area contributed by atoms with E-state index in [1.54, 1.807) is 0 Å². The summed E-state index contributed by atoms with van der Waals surface area (Å²) in [6.45, 7) is 6.79. The number of nitrogens with two attached hydrogens (primary N) is 1. The van der Waals surface area contributed by atoms with Crippen molar-refractivity contribution in [3.8, 4) is 0 Å². The number of unbranched alkanes of at least 4 members (excludes halogenated alkanes) is 1. The molecular weight excluding hydrogens is 218 g/mol. The molecule has 0 spiro atoms. The van der Waals surface area contributed by atoms with Crippen LogP contribution < -0.4 is 5.73 Å². The lowest BCUT2D eigenvalue weighted by atomic mass is 10.2. The third-order valence-electron chi connectivity index (χ3n) is 3.37. The van der Waals surface area contributed by atoms with E-state index in [1.165, 1.54) is 0 Å². The summed E-state index contributed by atoms with van der Waals surface area (Å²) in [5.74, 6) is -0.0611. The maximum atomic E-state index is 11.8. The average Bonchev–Trinajstić information content (AvgIpc) is 2.35. The van der Waals surface area contributed by atoms with Crippen LogP contribution in [0.1, 0.15) is 33.1 Å². The topological polar surface area (TPSA) is 66.6 Å². The number of carbonyl (C=O) groups excluding carboxylic acids is 2. The lowest BCUT2D eigenvalue weighted by Gasteiger charge is -2.37. The van der Waals surface area contributed by atoms with Gasteiger partial charge in [-0.15, -0.1) is 0 Å². The molecule has 0 bridgehead atoms. The van der Waals surface area contributed by atoms with Crippen molar-refractivity contribution < 1.29 is 9.59 Å². The Kier molecular flexibility index (Phi) is 5.41. The van der Waals surface area contributed by atoms with E-state index in [4.69, 9.17) is 5.73 Å². The summed E-state index contributed by atoms with van der Waals surface area (Å²) >= 11 is 0. The zero-order chi connectivity index (χ0) is 12.8. The minimum Gasteiger partial charge on any atom is -0.368 e. The lowest BCUT2D eigenvalue weighted by molar-refractivity contribution is -0.134. The Morgan fingerprint density at radius 2 is 1.82 bits per heavy atom. The fraction of sp³-hybridized carbons (Fsp3) is 0.833. The fourth-order valence-corrected chi connectivity index (χ4v) is 2.02. The van der Waals surface area contributed by atoms with Crippen LogP contribution in [0.4, 0.5) is 0 Å². The first kappa shape index (κ1) is 14.0. The zero-order valence-corrected chi connectivity index (χ0v) is 10.8. The molecule has 1 rings (SSSR count). The normalized spacial score (nSPS) is 19.1. The predicted octanol–water partition coefficient (Wildman–Crippen LogP) is 0.195. The predicted molar refractivity (Wildman–Crippen MR) is 66.3 cm³/mol. The van der Waals surface area contributed by atoms with Crippen molar-refractivity contribution >= 4 is 11.8 Å². The Balaban J connectivity index is 2.35. The molecule has 5 nitrogen and oxygen atoms in total. The van der Waals surface area contributed by atoms with Gasteiger partial charge in [-0.2, -0.15) is 0 Å². The number of carbonyl (C=O) groups is 2. The molecule has 1 saturated heterocycles. The summed E-state index contributed by atoms with van der Waals surface area (Å²) in [4.78, 5) is 26.8. The van der Waals surface area contributed by atoms with Gasteiger partial charge in [-0.3, -0.25) is 14.5 Å². The Bertz CT molecular complexity index is 273. The van der Waals surface area contributed by atoms with Crippen LogP contribution in [0.25, 0.3) is 0 Å². The molecular formula is C12H23N3O2. The molecule has 0 aromatic rings. The highest BCUT2D eigenvalue weighted by molar-refractivity contribution is 5.79. The van der Waals surface area contributed by atoms with Crippen LogP contribution >= 0.6 is 0 Å². The SMILES string of the molecule is CCCCC(=O)N1CCN(C(C)C(N)=O)CC1. The highest BCUT2D eigenvalue weighted by Gasteiger charge is 2.25. The van der Waals surface area contributed by atoms with Gasteiger partial charge in [-0.1, -0.05) is 13.3 Å². The molecule has 5 heteroatoms. The quantitative estimate of drug-likeness (QED) is 0.747. The minimum atomic E-state index is -0.296. The van der Waals surface area contributed by atoms with Crippen molar-refractivity contribution in [2.24, 2.45) is 5.73 Å². The molecule has 0 aliphatic carbocycles. The van der Waals surface area contributed by atoms with Gasteiger partial charge in [0.05, 0.1) is 6.04 Å². The first-order chi connectivity index (χ1) is 8.06. The molecule has 1 atom stereocenters. The highest BCUT2D eigenvalue weighted by Crippen LogP contribution is 2.08. The standard InChI is InChI=1S/C12H23N3O2/c1-3-4-5-11(16)15-8-6-14(7-9-15)10(2)12(13)17/h10H,3-9H2,1-2H3,(H2,13,17). The van der Waals surface area contributed by atoms with Gasteiger partial charge in [-0.25, -0.2) is 0 Å². The van der Waals surface area contributed by atoms with E-state index in [0.717, 1.165) is 25.9 Å². The Morgan fingerprint density at radius 1 is 1.24 bits per heavy atom. The van der Waals surface area contributed by atoms with Crippen LogP contribution in [-0.4, -0.2) is 53.8 Å². The number of hydrogen-bond donors (Lipinski definition) is 1. The first-order valence-corrected chi connectivity index (χ1v) is 6.37. The smallest absolute Gasteiger partial charge is 0.234 e. The number of rotatable bonds is 5. The molecule has 98 valence electrons. The van der Waals surface area contributed by atoms with E-state index in [-0.39, 0.29) is 17.9 Å². The second-order valence-corrected chi connectivity index (χ2v) is 4.60. The molecule has 17 heavy (non-hydrogen) atoms. The van der Waals surface area contributed by atoms with Gasteiger partial charge < -0.3 is 10.6 Å². The molecule has 0 saturated carbocycles. The average molecular weight is 241 g/mol. The van der Waals surface area contributed by atoms with Gasteiger partial charge in [0, 0.05) is 32.6 Å². The molecule has 1 aliphatic rings. The van der Waals surface area contributed by atoms with E-state index in [0.29, 0.717) is 19.5 Å². The van der Waals surface area contributed by atoms with Crippen molar-refractivity contribution in [1.82, 2.24) is 9.80 Å². The van der Waals surface area contributed by atoms with Crippen LogP contribution in [-0.2, 0) is 9.59 Å². The number of amides is 2. The maximum absolute atomic E-state index is 11.8. The third kappa shape index (κ3) is 4.00. The molecule has 0 aromatic heterocycles. The first-order valence-electron chi connectivity index (χ1n) is 6.37. The third-order valence-corrected chi connectivity index (χ3v) is 3.37. The van der Waals surface area contributed by atoms with Crippen molar-refractivity contribution in [3.63, 3.8) is 0 Å². The van der Waals surface area contributed by atoms with E-state index in [1.807, 2.05) is 16.7 Å². The Labute approximate surface area is 103 Å².